The van der Waals surface area contributed by atoms with E-state index in [0.717, 1.165) is 23.2 Å². The van der Waals surface area contributed by atoms with Gasteiger partial charge in [0.15, 0.2) is 0 Å². The number of halogens is 1. The van der Waals surface area contributed by atoms with Crippen molar-refractivity contribution in [3.63, 3.8) is 0 Å². The number of nitrogens with one attached hydrogen (secondary N) is 2. The molecule has 19 heavy (non-hydrogen) atoms. The summed E-state index contributed by atoms with van der Waals surface area (Å²) in [5.41, 5.74) is 2.04. The quantitative estimate of drug-likeness (QED) is 0.895. The molecule has 1 heterocycles. The van der Waals surface area contributed by atoms with Gasteiger partial charge in [0.05, 0.1) is 11.6 Å². The summed E-state index contributed by atoms with van der Waals surface area (Å²) in [6.07, 6.45) is 2.52. The van der Waals surface area contributed by atoms with Crippen LogP contribution >= 0.6 is 15.9 Å². The molecular formula is C15H20BrN3. The molecular weight excluding hydrogens is 302 g/mol. The minimum absolute atomic E-state index is 0.324. The molecule has 0 saturated carbocycles. The highest BCUT2D eigenvalue weighted by molar-refractivity contribution is 9.10. The van der Waals surface area contributed by atoms with Crippen molar-refractivity contribution in [2.24, 2.45) is 5.41 Å². The van der Waals surface area contributed by atoms with Gasteiger partial charge < -0.3 is 10.6 Å². The first kappa shape index (κ1) is 14.4. The molecule has 2 rings (SSSR count). The zero-order valence-electron chi connectivity index (χ0n) is 11.5. The summed E-state index contributed by atoms with van der Waals surface area (Å²) < 4.78 is 0.945. The Morgan fingerprint density at radius 1 is 1.53 bits per heavy atom. The van der Waals surface area contributed by atoms with Gasteiger partial charge in [0.1, 0.15) is 0 Å². The molecule has 1 saturated heterocycles. The van der Waals surface area contributed by atoms with Crippen LogP contribution < -0.4 is 10.6 Å². The Bertz CT molecular complexity index is 491. The predicted molar refractivity (Wildman–Crippen MR) is 82.2 cm³/mol. The Kier molecular flexibility index (Phi) is 4.49. The van der Waals surface area contributed by atoms with Crippen LogP contribution in [0.15, 0.2) is 22.7 Å². The molecule has 0 radical (unpaired) electrons. The molecule has 0 spiro atoms. The van der Waals surface area contributed by atoms with E-state index in [1.54, 1.807) is 0 Å². The van der Waals surface area contributed by atoms with E-state index in [1.165, 1.54) is 12.8 Å². The van der Waals surface area contributed by atoms with Crippen molar-refractivity contribution in [2.75, 3.05) is 18.4 Å². The monoisotopic (exact) mass is 321 g/mol. The topological polar surface area (TPSA) is 47.8 Å². The smallest absolute Gasteiger partial charge is 0.0992 e. The maximum Gasteiger partial charge on any atom is 0.0992 e. The summed E-state index contributed by atoms with van der Waals surface area (Å²) in [5.74, 6) is 0. The second-order valence-corrected chi connectivity index (χ2v) is 6.64. The van der Waals surface area contributed by atoms with Crippen LogP contribution in [0.1, 0.15) is 32.3 Å². The fourth-order valence-corrected chi connectivity index (χ4v) is 3.08. The van der Waals surface area contributed by atoms with E-state index in [9.17, 15) is 0 Å². The number of rotatable bonds is 3. The Balaban J connectivity index is 2.01. The molecule has 1 aromatic carbocycles. The summed E-state index contributed by atoms with van der Waals surface area (Å²) in [4.78, 5) is 0. The third-order valence-electron chi connectivity index (χ3n) is 3.93. The molecule has 1 aromatic rings. The SMILES string of the molecule is CC1(C)CCCNC1CNc1ccc(C#N)cc1Br. The lowest BCUT2D eigenvalue weighted by molar-refractivity contribution is 0.188. The Morgan fingerprint density at radius 3 is 2.95 bits per heavy atom. The lowest BCUT2D eigenvalue weighted by atomic mass is 9.77. The lowest BCUT2D eigenvalue weighted by Gasteiger charge is -2.39. The van der Waals surface area contributed by atoms with Gasteiger partial charge in [-0.3, -0.25) is 0 Å². The molecule has 4 heteroatoms. The van der Waals surface area contributed by atoms with Crippen LogP contribution in [0, 0.1) is 16.7 Å². The van der Waals surface area contributed by atoms with Gasteiger partial charge >= 0.3 is 0 Å². The van der Waals surface area contributed by atoms with Gasteiger partial charge in [-0.25, -0.2) is 0 Å². The average molecular weight is 322 g/mol. The van der Waals surface area contributed by atoms with E-state index in [2.05, 4.69) is 46.5 Å². The van der Waals surface area contributed by atoms with Gasteiger partial charge in [-0.2, -0.15) is 5.26 Å². The molecule has 0 aliphatic carbocycles. The highest BCUT2D eigenvalue weighted by Gasteiger charge is 2.31. The molecule has 1 fully saturated rings. The number of hydrogen-bond donors (Lipinski definition) is 2. The summed E-state index contributed by atoms with van der Waals surface area (Å²) in [5, 5.41) is 15.9. The fraction of sp³-hybridized carbons (Fsp3) is 0.533. The standard InChI is InChI=1S/C15H20BrN3/c1-15(2)6-3-7-18-14(15)10-19-13-5-4-11(9-17)8-12(13)16/h4-5,8,14,18-19H,3,6-7,10H2,1-2H3. The zero-order valence-corrected chi connectivity index (χ0v) is 13.0. The second-order valence-electron chi connectivity index (χ2n) is 5.79. The second kappa shape index (κ2) is 5.94. The van der Waals surface area contributed by atoms with Crippen LogP contribution in [0.3, 0.4) is 0 Å². The van der Waals surface area contributed by atoms with Crippen molar-refractivity contribution in [1.82, 2.24) is 5.32 Å². The maximum atomic E-state index is 8.85. The number of nitriles is 1. The predicted octanol–water partition coefficient (Wildman–Crippen LogP) is 3.51. The summed E-state index contributed by atoms with van der Waals surface area (Å²) in [6, 6.07) is 8.26. The Hall–Kier alpha value is -1.05. The van der Waals surface area contributed by atoms with Gasteiger partial charge in [0, 0.05) is 22.7 Å². The Labute approximate surface area is 123 Å². The van der Waals surface area contributed by atoms with E-state index in [-0.39, 0.29) is 0 Å². The van der Waals surface area contributed by atoms with Crippen LogP contribution in [0.2, 0.25) is 0 Å². The highest BCUT2D eigenvalue weighted by atomic mass is 79.9. The van der Waals surface area contributed by atoms with Crippen LogP contribution in [0.25, 0.3) is 0 Å². The first-order valence-electron chi connectivity index (χ1n) is 6.70. The fourth-order valence-electron chi connectivity index (χ4n) is 2.56. The maximum absolute atomic E-state index is 8.85. The van der Waals surface area contributed by atoms with Gasteiger partial charge in [-0.05, 0) is 58.9 Å². The molecule has 102 valence electrons. The van der Waals surface area contributed by atoms with E-state index in [0.29, 0.717) is 17.0 Å². The van der Waals surface area contributed by atoms with E-state index < -0.39 is 0 Å². The van der Waals surface area contributed by atoms with Crippen molar-refractivity contribution in [1.29, 1.82) is 5.26 Å². The summed E-state index contributed by atoms with van der Waals surface area (Å²) in [6.45, 7) is 6.64. The van der Waals surface area contributed by atoms with Crippen LogP contribution in [-0.4, -0.2) is 19.1 Å². The minimum atomic E-state index is 0.324. The van der Waals surface area contributed by atoms with Crippen molar-refractivity contribution in [3.8, 4) is 6.07 Å². The number of hydrogen-bond acceptors (Lipinski definition) is 3. The molecule has 3 nitrogen and oxygen atoms in total. The average Bonchev–Trinajstić information content (AvgIpc) is 2.38. The van der Waals surface area contributed by atoms with E-state index in [1.807, 2.05) is 18.2 Å². The van der Waals surface area contributed by atoms with Crippen molar-refractivity contribution < 1.29 is 0 Å². The van der Waals surface area contributed by atoms with E-state index in [4.69, 9.17) is 5.26 Å². The molecule has 1 unspecified atom stereocenters. The molecule has 1 aliphatic rings. The van der Waals surface area contributed by atoms with Crippen molar-refractivity contribution in [3.05, 3.63) is 28.2 Å². The van der Waals surface area contributed by atoms with E-state index >= 15 is 0 Å². The highest BCUT2D eigenvalue weighted by Crippen LogP contribution is 2.31. The number of benzene rings is 1. The molecule has 0 bridgehead atoms. The van der Waals surface area contributed by atoms with Gasteiger partial charge in [0.25, 0.3) is 0 Å². The molecule has 2 N–H and O–H groups in total. The van der Waals surface area contributed by atoms with Crippen molar-refractivity contribution in [2.45, 2.75) is 32.7 Å². The third kappa shape index (κ3) is 3.49. The minimum Gasteiger partial charge on any atom is -0.383 e. The summed E-state index contributed by atoms with van der Waals surface area (Å²) >= 11 is 3.51. The molecule has 0 amide bonds. The molecule has 1 aliphatic heterocycles. The molecule has 0 aromatic heterocycles. The van der Waals surface area contributed by atoms with Crippen LogP contribution in [0.5, 0.6) is 0 Å². The third-order valence-corrected chi connectivity index (χ3v) is 4.58. The lowest BCUT2D eigenvalue weighted by Crippen LogP contribution is -2.50. The number of anilines is 1. The van der Waals surface area contributed by atoms with Gasteiger partial charge in [0.2, 0.25) is 0 Å². The van der Waals surface area contributed by atoms with Crippen LogP contribution in [-0.2, 0) is 0 Å². The largest absolute Gasteiger partial charge is 0.383 e. The van der Waals surface area contributed by atoms with Gasteiger partial charge in [-0.1, -0.05) is 13.8 Å². The normalized spacial score (nSPS) is 21.7. The Morgan fingerprint density at radius 2 is 2.32 bits per heavy atom. The number of nitrogens with zero attached hydrogens (tertiary/aromatic N) is 1. The first-order valence-corrected chi connectivity index (χ1v) is 7.49. The van der Waals surface area contributed by atoms with Crippen molar-refractivity contribution >= 4 is 21.6 Å². The first-order chi connectivity index (χ1) is 9.03. The summed E-state index contributed by atoms with van der Waals surface area (Å²) in [7, 11) is 0. The zero-order chi connectivity index (χ0) is 13.9. The molecule has 1 atom stereocenters. The van der Waals surface area contributed by atoms with Crippen LogP contribution in [0.4, 0.5) is 5.69 Å². The van der Waals surface area contributed by atoms with Gasteiger partial charge in [-0.15, -0.1) is 0 Å². The number of piperidine rings is 1.